The minimum atomic E-state index is -2.88. The molecule has 1 aliphatic heterocycles. The van der Waals surface area contributed by atoms with Gasteiger partial charge in [0.1, 0.15) is 5.75 Å². The molecule has 1 amide bonds. The van der Waals surface area contributed by atoms with Crippen LogP contribution in [-0.4, -0.2) is 24.0 Å². The van der Waals surface area contributed by atoms with Crippen LogP contribution < -0.4 is 4.74 Å². The monoisotopic (exact) mass is 385 g/mol. The van der Waals surface area contributed by atoms with Gasteiger partial charge in [0.25, 0.3) is 5.91 Å². The number of nitrogens with zero attached hydrogens (tertiary/aromatic N) is 1. The molecule has 0 radical (unpaired) electrons. The molecule has 0 saturated carbocycles. The summed E-state index contributed by atoms with van der Waals surface area (Å²) < 4.78 is 29.0. The van der Waals surface area contributed by atoms with Gasteiger partial charge in [-0.3, -0.25) is 4.79 Å². The molecule has 3 aromatic rings. The fourth-order valence-corrected chi connectivity index (χ4v) is 4.38. The summed E-state index contributed by atoms with van der Waals surface area (Å²) in [5.41, 5.74) is 2.67. The fraction of sp³-hybridized carbons (Fsp3) is 0.190. The highest BCUT2D eigenvalue weighted by molar-refractivity contribution is 7.10. The lowest BCUT2D eigenvalue weighted by molar-refractivity contribution is -0.0498. The average molecular weight is 385 g/mol. The minimum absolute atomic E-state index is 0.0416. The van der Waals surface area contributed by atoms with Gasteiger partial charge >= 0.3 is 6.61 Å². The van der Waals surface area contributed by atoms with Gasteiger partial charge < -0.3 is 9.64 Å². The Morgan fingerprint density at radius 1 is 1.07 bits per heavy atom. The second kappa shape index (κ2) is 7.48. The molecule has 0 saturated heterocycles. The number of carbonyl (C=O) groups is 1. The van der Waals surface area contributed by atoms with Gasteiger partial charge in [0.05, 0.1) is 6.04 Å². The van der Waals surface area contributed by atoms with Gasteiger partial charge in [0, 0.05) is 17.0 Å². The van der Waals surface area contributed by atoms with E-state index in [4.69, 9.17) is 0 Å². The van der Waals surface area contributed by atoms with Crippen LogP contribution >= 0.6 is 11.3 Å². The van der Waals surface area contributed by atoms with Gasteiger partial charge in [-0.05, 0) is 53.3 Å². The van der Waals surface area contributed by atoms with Crippen LogP contribution in [0.15, 0.2) is 66.0 Å². The van der Waals surface area contributed by atoms with Crippen molar-refractivity contribution in [3.63, 3.8) is 0 Å². The molecule has 27 heavy (non-hydrogen) atoms. The zero-order valence-corrected chi connectivity index (χ0v) is 15.2. The second-order valence-electron chi connectivity index (χ2n) is 6.26. The largest absolute Gasteiger partial charge is 0.435 e. The van der Waals surface area contributed by atoms with Crippen LogP contribution in [0.5, 0.6) is 5.75 Å². The van der Waals surface area contributed by atoms with E-state index in [2.05, 4.69) is 16.2 Å². The topological polar surface area (TPSA) is 29.5 Å². The molecule has 1 atom stereocenters. The first-order chi connectivity index (χ1) is 13.1. The van der Waals surface area contributed by atoms with E-state index in [-0.39, 0.29) is 17.7 Å². The van der Waals surface area contributed by atoms with E-state index in [1.165, 1.54) is 29.1 Å². The van der Waals surface area contributed by atoms with Gasteiger partial charge in [-0.1, -0.05) is 30.3 Å². The normalized spacial score (nSPS) is 16.3. The van der Waals surface area contributed by atoms with Crippen LogP contribution in [0.25, 0.3) is 0 Å². The molecule has 2 aromatic carbocycles. The van der Waals surface area contributed by atoms with Crippen molar-refractivity contribution in [2.24, 2.45) is 0 Å². The van der Waals surface area contributed by atoms with Crippen LogP contribution in [0.4, 0.5) is 8.78 Å². The molecule has 6 heteroatoms. The number of alkyl halides is 2. The summed E-state index contributed by atoms with van der Waals surface area (Å²) in [7, 11) is 0. The van der Waals surface area contributed by atoms with Crippen molar-refractivity contribution in [1.82, 2.24) is 4.90 Å². The third-order valence-electron chi connectivity index (χ3n) is 4.67. The molecule has 0 N–H and O–H groups in total. The molecule has 1 unspecified atom stereocenters. The Morgan fingerprint density at radius 3 is 2.52 bits per heavy atom. The van der Waals surface area contributed by atoms with E-state index in [0.717, 1.165) is 17.5 Å². The van der Waals surface area contributed by atoms with Crippen molar-refractivity contribution in [3.8, 4) is 5.75 Å². The van der Waals surface area contributed by atoms with Gasteiger partial charge in [-0.2, -0.15) is 8.78 Å². The Bertz CT molecular complexity index is 925. The second-order valence-corrected chi connectivity index (χ2v) is 7.26. The van der Waals surface area contributed by atoms with Crippen molar-refractivity contribution in [2.45, 2.75) is 19.1 Å². The predicted octanol–water partition coefficient (Wildman–Crippen LogP) is 5.14. The third kappa shape index (κ3) is 3.57. The maximum Gasteiger partial charge on any atom is 0.387 e. The summed E-state index contributed by atoms with van der Waals surface area (Å²) in [5.74, 6) is -0.0794. The Kier molecular flexibility index (Phi) is 4.90. The summed E-state index contributed by atoms with van der Waals surface area (Å²) in [6.45, 7) is -2.27. The molecule has 0 fully saturated rings. The summed E-state index contributed by atoms with van der Waals surface area (Å²) in [4.78, 5) is 16.3. The summed E-state index contributed by atoms with van der Waals surface area (Å²) >= 11 is 1.72. The Labute approximate surface area is 159 Å². The first-order valence-electron chi connectivity index (χ1n) is 8.60. The van der Waals surface area contributed by atoms with E-state index in [9.17, 15) is 13.6 Å². The lowest BCUT2D eigenvalue weighted by Crippen LogP contribution is -2.40. The van der Waals surface area contributed by atoms with Gasteiger partial charge in [-0.25, -0.2) is 0 Å². The SMILES string of the molecule is O=C(c1ccc(OC(F)F)cc1)N1CCc2sccc2C1c1ccccc1. The molecular formula is C21H17F2NO2S. The number of amides is 1. The van der Waals surface area contributed by atoms with Crippen molar-refractivity contribution < 1.29 is 18.3 Å². The van der Waals surface area contributed by atoms with Crippen molar-refractivity contribution in [1.29, 1.82) is 0 Å². The van der Waals surface area contributed by atoms with Crippen molar-refractivity contribution in [3.05, 3.63) is 87.6 Å². The van der Waals surface area contributed by atoms with E-state index < -0.39 is 6.61 Å². The van der Waals surface area contributed by atoms with Gasteiger partial charge in [0.2, 0.25) is 0 Å². The predicted molar refractivity (Wildman–Crippen MR) is 100 cm³/mol. The number of rotatable bonds is 4. The first kappa shape index (κ1) is 17.7. The molecular weight excluding hydrogens is 368 g/mol. The molecule has 4 rings (SSSR count). The van der Waals surface area contributed by atoms with E-state index >= 15 is 0 Å². The minimum Gasteiger partial charge on any atom is -0.435 e. The lowest BCUT2D eigenvalue weighted by atomic mass is 9.92. The summed E-state index contributed by atoms with van der Waals surface area (Å²) in [6, 6.07) is 17.7. The standard InChI is InChI=1S/C21H17F2NO2S/c22-21(23)26-16-8-6-15(7-9-16)20(25)24-12-10-18-17(11-13-27-18)19(24)14-4-2-1-3-5-14/h1-9,11,13,19,21H,10,12H2. The summed E-state index contributed by atoms with van der Waals surface area (Å²) in [6.07, 6.45) is 0.814. The zero-order valence-electron chi connectivity index (χ0n) is 14.3. The van der Waals surface area contributed by atoms with Crippen LogP contribution in [0.3, 0.4) is 0 Å². The Hall–Kier alpha value is -2.73. The van der Waals surface area contributed by atoms with Crippen LogP contribution in [0, 0.1) is 0 Å². The number of fused-ring (bicyclic) bond motifs is 1. The molecule has 0 spiro atoms. The molecule has 2 heterocycles. The highest BCUT2D eigenvalue weighted by atomic mass is 32.1. The number of hydrogen-bond acceptors (Lipinski definition) is 3. The molecule has 3 nitrogen and oxygen atoms in total. The fourth-order valence-electron chi connectivity index (χ4n) is 3.47. The number of thiophene rings is 1. The highest BCUT2D eigenvalue weighted by Gasteiger charge is 2.33. The molecule has 1 aromatic heterocycles. The van der Waals surface area contributed by atoms with Crippen LogP contribution in [-0.2, 0) is 6.42 Å². The van der Waals surface area contributed by atoms with Crippen LogP contribution in [0.2, 0.25) is 0 Å². The van der Waals surface area contributed by atoms with Crippen molar-refractivity contribution >= 4 is 17.2 Å². The van der Waals surface area contributed by atoms with Gasteiger partial charge in [0.15, 0.2) is 0 Å². The summed E-state index contributed by atoms with van der Waals surface area (Å²) in [5, 5.41) is 2.06. The maximum atomic E-state index is 13.2. The van der Waals surface area contributed by atoms with E-state index in [1.807, 2.05) is 35.2 Å². The van der Waals surface area contributed by atoms with Crippen LogP contribution in [0.1, 0.15) is 32.4 Å². The van der Waals surface area contributed by atoms with Gasteiger partial charge in [-0.15, -0.1) is 11.3 Å². The Balaban J connectivity index is 1.66. The molecule has 0 aliphatic carbocycles. The van der Waals surface area contributed by atoms with E-state index in [1.54, 1.807) is 11.3 Å². The molecule has 138 valence electrons. The number of ether oxygens (including phenoxy) is 1. The lowest BCUT2D eigenvalue weighted by Gasteiger charge is -2.36. The first-order valence-corrected chi connectivity index (χ1v) is 9.48. The maximum absolute atomic E-state index is 13.2. The zero-order chi connectivity index (χ0) is 18.8. The Morgan fingerprint density at radius 2 is 1.81 bits per heavy atom. The highest BCUT2D eigenvalue weighted by Crippen LogP contribution is 2.38. The average Bonchev–Trinajstić information content (AvgIpc) is 3.16. The smallest absolute Gasteiger partial charge is 0.387 e. The number of hydrogen-bond donors (Lipinski definition) is 0. The number of carbonyl (C=O) groups excluding carboxylic acids is 1. The number of benzene rings is 2. The molecule has 0 bridgehead atoms. The van der Waals surface area contributed by atoms with Crippen molar-refractivity contribution in [2.75, 3.05) is 6.54 Å². The number of halogens is 2. The van der Waals surface area contributed by atoms with E-state index in [0.29, 0.717) is 12.1 Å². The quantitative estimate of drug-likeness (QED) is 0.623. The molecule has 1 aliphatic rings. The third-order valence-corrected chi connectivity index (χ3v) is 5.67.